The molecule has 0 saturated heterocycles. The van der Waals surface area contributed by atoms with E-state index in [-0.39, 0.29) is 11.5 Å². The number of likely N-dealkylation sites (N-methyl/N-ethyl adjacent to an activating group) is 1. The summed E-state index contributed by atoms with van der Waals surface area (Å²) in [5.74, 6) is 0. The maximum absolute atomic E-state index is 5.69. The number of nitrogens with one attached hydrogen (secondary N) is 1. The lowest BCUT2D eigenvalue weighted by Gasteiger charge is -2.36. The summed E-state index contributed by atoms with van der Waals surface area (Å²) in [4.78, 5) is 0. The Labute approximate surface area is 105 Å². The number of furan rings is 1. The van der Waals surface area contributed by atoms with Gasteiger partial charge in [-0.1, -0.05) is 27.7 Å². The van der Waals surface area contributed by atoms with Crippen LogP contribution in [0.1, 0.15) is 33.3 Å². The smallest absolute Gasteiger partial charge is 0.0935 e. The van der Waals surface area contributed by atoms with Crippen molar-refractivity contribution in [1.29, 1.82) is 0 Å². The molecule has 1 aromatic rings. The molecule has 3 nitrogen and oxygen atoms in total. The fourth-order valence-electron chi connectivity index (χ4n) is 2.33. The van der Waals surface area contributed by atoms with Gasteiger partial charge in [0.15, 0.2) is 0 Å². The van der Waals surface area contributed by atoms with Crippen LogP contribution in [0.3, 0.4) is 0 Å². The van der Waals surface area contributed by atoms with Crippen LogP contribution in [0.15, 0.2) is 23.0 Å². The lowest BCUT2D eigenvalue weighted by molar-refractivity contribution is -0.0106. The van der Waals surface area contributed by atoms with Gasteiger partial charge in [-0.25, -0.2) is 0 Å². The predicted octanol–water partition coefficient (Wildman–Crippen LogP) is 2.86. The van der Waals surface area contributed by atoms with Gasteiger partial charge in [0.1, 0.15) is 0 Å². The van der Waals surface area contributed by atoms with Crippen LogP contribution >= 0.6 is 0 Å². The summed E-state index contributed by atoms with van der Waals surface area (Å²) >= 11 is 0. The summed E-state index contributed by atoms with van der Waals surface area (Å²) in [5, 5.41) is 3.51. The normalized spacial score (nSPS) is 15.8. The zero-order chi connectivity index (χ0) is 12.9. The van der Waals surface area contributed by atoms with E-state index in [9.17, 15) is 0 Å². The molecule has 0 aliphatic heterocycles. The van der Waals surface area contributed by atoms with Crippen LogP contribution in [0.5, 0.6) is 0 Å². The molecule has 1 rings (SSSR count). The van der Waals surface area contributed by atoms with Crippen LogP contribution in [0.2, 0.25) is 0 Å². The van der Waals surface area contributed by atoms with Crippen molar-refractivity contribution in [3.8, 4) is 0 Å². The van der Waals surface area contributed by atoms with Crippen molar-refractivity contribution < 1.29 is 9.15 Å². The summed E-state index contributed by atoms with van der Waals surface area (Å²) in [6, 6.07) is 2.32. The van der Waals surface area contributed by atoms with E-state index in [2.05, 4.69) is 33.0 Å². The maximum atomic E-state index is 5.69. The highest BCUT2D eigenvalue weighted by Gasteiger charge is 2.32. The molecule has 2 atom stereocenters. The Balaban J connectivity index is 2.76. The Morgan fingerprint density at radius 1 is 1.41 bits per heavy atom. The maximum Gasteiger partial charge on any atom is 0.0935 e. The van der Waals surface area contributed by atoms with Crippen molar-refractivity contribution in [1.82, 2.24) is 5.32 Å². The van der Waals surface area contributed by atoms with Crippen LogP contribution < -0.4 is 5.32 Å². The average Bonchev–Trinajstić information content (AvgIpc) is 2.69. The molecular formula is C14H25NO2. The highest BCUT2D eigenvalue weighted by atomic mass is 16.5. The monoisotopic (exact) mass is 239 g/mol. The third-order valence-electron chi connectivity index (χ3n) is 2.97. The highest BCUT2D eigenvalue weighted by molar-refractivity contribution is 5.09. The standard InChI is InChI=1S/C14H25NO2/c1-6-15-12(9-11-7-8-17-10-11)13(16-5)14(2,3)4/h7-8,10,12-13,15H,6,9H2,1-5H3. The van der Waals surface area contributed by atoms with Crippen LogP contribution in [0.4, 0.5) is 0 Å². The molecule has 0 saturated carbocycles. The van der Waals surface area contributed by atoms with E-state index in [1.165, 1.54) is 5.56 Å². The third kappa shape index (κ3) is 4.17. The minimum atomic E-state index is 0.116. The van der Waals surface area contributed by atoms with Crippen molar-refractivity contribution in [2.45, 2.75) is 46.3 Å². The van der Waals surface area contributed by atoms with E-state index in [1.807, 2.05) is 6.07 Å². The van der Waals surface area contributed by atoms with Gasteiger partial charge in [0, 0.05) is 13.2 Å². The van der Waals surface area contributed by atoms with Gasteiger partial charge in [-0.15, -0.1) is 0 Å². The number of ether oxygens (including phenoxy) is 1. The summed E-state index contributed by atoms with van der Waals surface area (Å²) in [6.07, 6.45) is 4.63. The topological polar surface area (TPSA) is 34.4 Å². The number of hydrogen-bond donors (Lipinski definition) is 1. The Hall–Kier alpha value is -0.800. The lowest BCUT2D eigenvalue weighted by atomic mass is 9.82. The number of hydrogen-bond acceptors (Lipinski definition) is 3. The second-order valence-electron chi connectivity index (χ2n) is 5.52. The van der Waals surface area contributed by atoms with Crippen molar-refractivity contribution in [2.24, 2.45) is 5.41 Å². The molecule has 0 fully saturated rings. The molecule has 0 radical (unpaired) electrons. The molecular weight excluding hydrogens is 214 g/mol. The van der Waals surface area contributed by atoms with Gasteiger partial charge in [0.25, 0.3) is 0 Å². The third-order valence-corrected chi connectivity index (χ3v) is 2.97. The first-order valence-electron chi connectivity index (χ1n) is 6.26. The second kappa shape index (κ2) is 6.22. The predicted molar refractivity (Wildman–Crippen MR) is 70.1 cm³/mol. The minimum absolute atomic E-state index is 0.116. The molecule has 0 bridgehead atoms. The molecule has 0 aromatic carbocycles. The van der Waals surface area contributed by atoms with E-state index >= 15 is 0 Å². The van der Waals surface area contributed by atoms with Crippen LogP contribution in [-0.4, -0.2) is 25.8 Å². The van der Waals surface area contributed by atoms with Gasteiger partial charge in [-0.3, -0.25) is 0 Å². The number of methoxy groups -OCH3 is 1. The SMILES string of the molecule is CCNC(Cc1ccoc1)C(OC)C(C)(C)C. The van der Waals surface area contributed by atoms with E-state index in [0.717, 1.165) is 13.0 Å². The van der Waals surface area contributed by atoms with Crippen LogP contribution in [0.25, 0.3) is 0 Å². The van der Waals surface area contributed by atoms with Crippen molar-refractivity contribution in [3.63, 3.8) is 0 Å². The Kier molecular flexibility index (Phi) is 5.22. The Bertz CT molecular complexity index is 301. The van der Waals surface area contributed by atoms with Gasteiger partial charge in [-0.2, -0.15) is 0 Å². The molecule has 98 valence electrons. The van der Waals surface area contributed by atoms with Gasteiger partial charge in [-0.05, 0) is 30.0 Å². The Morgan fingerprint density at radius 3 is 2.53 bits per heavy atom. The average molecular weight is 239 g/mol. The first kappa shape index (κ1) is 14.3. The van der Waals surface area contributed by atoms with Gasteiger partial charge < -0.3 is 14.5 Å². The first-order chi connectivity index (χ1) is 7.99. The van der Waals surface area contributed by atoms with E-state index in [4.69, 9.17) is 9.15 Å². The summed E-state index contributed by atoms with van der Waals surface area (Å²) in [6.45, 7) is 9.69. The van der Waals surface area contributed by atoms with E-state index in [1.54, 1.807) is 19.6 Å². The summed E-state index contributed by atoms with van der Waals surface area (Å²) in [5.41, 5.74) is 1.33. The lowest BCUT2D eigenvalue weighted by Crippen LogP contribution is -2.48. The van der Waals surface area contributed by atoms with Gasteiger partial charge >= 0.3 is 0 Å². The zero-order valence-electron chi connectivity index (χ0n) is 11.6. The van der Waals surface area contributed by atoms with Crippen molar-refractivity contribution >= 4 is 0 Å². The molecule has 2 unspecified atom stereocenters. The Morgan fingerprint density at radius 2 is 2.12 bits per heavy atom. The zero-order valence-corrected chi connectivity index (χ0v) is 11.6. The van der Waals surface area contributed by atoms with Crippen LogP contribution in [-0.2, 0) is 11.2 Å². The minimum Gasteiger partial charge on any atom is -0.472 e. The molecule has 1 aromatic heterocycles. The number of rotatable bonds is 6. The second-order valence-corrected chi connectivity index (χ2v) is 5.52. The quantitative estimate of drug-likeness (QED) is 0.829. The molecule has 0 amide bonds. The van der Waals surface area contributed by atoms with Gasteiger partial charge in [0.2, 0.25) is 0 Å². The molecule has 3 heteroatoms. The molecule has 0 spiro atoms. The fourth-order valence-corrected chi connectivity index (χ4v) is 2.33. The molecule has 17 heavy (non-hydrogen) atoms. The molecule has 1 heterocycles. The van der Waals surface area contributed by atoms with Crippen molar-refractivity contribution in [3.05, 3.63) is 24.2 Å². The van der Waals surface area contributed by atoms with E-state index < -0.39 is 0 Å². The molecule has 0 aliphatic carbocycles. The van der Waals surface area contributed by atoms with Crippen molar-refractivity contribution in [2.75, 3.05) is 13.7 Å². The first-order valence-corrected chi connectivity index (χ1v) is 6.26. The largest absolute Gasteiger partial charge is 0.472 e. The van der Waals surface area contributed by atoms with Crippen LogP contribution in [0, 0.1) is 5.41 Å². The highest BCUT2D eigenvalue weighted by Crippen LogP contribution is 2.26. The molecule has 1 N–H and O–H groups in total. The summed E-state index contributed by atoms with van der Waals surface area (Å²) < 4.78 is 10.8. The van der Waals surface area contributed by atoms with E-state index in [0.29, 0.717) is 6.04 Å². The summed E-state index contributed by atoms with van der Waals surface area (Å²) in [7, 11) is 1.79. The van der Waals surface area contributed by atoms with Gasteiger partial charge in [0.05, 0.1) is 18.6 Å². The molecule has 0 aliphatic rings. The fraction of sp³-hybridized carbons (Fsp3) is 0.714.